The fourth-order valence-corrected chi connectivity index (χ4v) is 2.36. The maximum absolute atomic E-state index is 12.2. The summed E-state index contributed by atoms with van der Waals surface area (Å²) in [6, 6.07) is 7.30. The van der Waals surface area contributed by atoms with Crippen molar-refractivity contribution >= 4 is 5.91 Å². The minimum absolute atomic E-state index is 0.0275. The van der Waals surface area contributed by atoms with E-state index in [-0.39, 0.29) is 24.2 Å². The van der Waals surface area contributed by atoms with E-state index >= 15 is 0 Å². The van der Waals surface area contributed by atoms with Gasteiger partial charge in [0.25, 0.3) is 5.91 Å². The molecular weight excluding hydrogens is 254 g/mol. The van der Waals surface area contributed by atoms with Crippen molar-refractivity contribution in [3.63, 3.8) is 0 Å². The number of hydrogen-bond acceptors (Lipinski definition) is 3. The molecule has 2 atom stereocenters. The summed E-state index contributed by atoms with van der Waals surface area (Å²) in [4.78, 5) is 12.2. The molecule has 110 valence electrons. The summed E-state index contributed by atoms with van der Waals surface area (Å²) in [6.07, 6.45) is 2.31. The molecule has 4 nitrogen and oxygen atoms in total. The molecular formula is C16H23NO3. The highest BCUT2D eigenvalue weighted by Gasteiger charge is 2.24. The van der Waals surface area contributed by atoms with Gasteiger partial charge < -0.3 is 14.8 Å². The Labute approximate surface area is 120 Å². The zero-order valence-corrected chi connectivity index (χ0v) is 12.4. The lowest BCUT2D eigenvalue weighted by Crippen LogP contribution is -2.40. The minimum Gasteiger partial charge on any atom is -0.491 e. The molecule has 1 amide bonds. The average Bonchev–Trinajstić information content (AvgIpc) is 2.92. The van der Waals surface area contributed by atoms with Crippen LogP contribution in [0.25, 0.3) is 0 Å². The Morgan fingerprint density at radius 3 is 2.85 bits per heavy atom. The maximum atomic E-state index is 12.2. The Bertz CT molecular complexity index is 453. The molecule has 1 saturated heterocycles. The number of ether oxygens (including phenoxy) is 2. The molecule has 0 aliphatic carbocycles. The highest BCUT2D eigenvalue weighted by molar-refractivity contribution is 5.94. The lowest BCUT2D eigenvalue weighted by atomic mass is 10.1. The fourth-order valence-electron chi connectivity index (χ4n) is 2.36. The molecule has 1 N–H and O–H groups in total. The van der Waals surface area contributed by atoms with E-state index in [1.54, 1.807) is 12.1 Å². The Hall–Kier alpha value is -1.55. The van der Waals surface area contributed by atoms with Gasteiger partial charge in [-0.05, 0) is 51.8 Å². The van der Waals surface area contributed by atoms with Crippen LogP contribution in [0.1, 0.15) is 44.0 Å². The number of hydrogen-bond donors (Lipinski definition) is 1. The van der Waals surface area contributed by atoms with Crippen LogP contribution in [0.4, 0.5) is 0 Å². The van der Waals surface area contributed by atoms with Crippen molar-refractivity contribution < 1.29 is 14.3 Å². The van der Waals surface area contributed by atoms with Crippen LogP contribution >= 0.6 is 0 Å². The van der Waals surface area contributed by atoms with E-state index in [0.717, 1.165) is 25.2 Å². The average molecular weight is 277 g/mol. The quantitative estimate of drug-likeness (QED) is 0.900. The summed E-state index contributed by atoms with van der Waals surface area (Å²) < 4.78 is 11.2. The van der Waals surface area contributed by atoms with E-state index in [4.69, 9.17) is 9.47 Å². The Balaban J connectivity index is 1.97. The lowest BCUT2D eigenvalue weighted by Gasteiger charge is -2.20. The summed E-state index contributed by atoms with van der Waals surface area (Å²) in [5.41, 5.74) is 0.619. The highest BCUT2D eigenvalue weighted by Crippen LogP contribution is 2.17. The number of rotatable bonds is 5. The molecule has 1 aromatic carbocycles. The third kappa shape index (κ3) is 3.97. The van der Waals surface area contributed by atoms with E-state index in [1.165, 1.54) is 0 Å². The van der Waals surface area contributed by atoms with Crippen molar-refractivity contribution in [3.8, 4) is 5.75 Å². The van der Waals surface area contributed by atoms with Gasteiger partial charge in [-0.1, -0.05) is 6.07 Å². The van der Waals surface area contributed by atoms with Gasteiger partial charge in [-0.25, -0.2) is 0 Å². The third-order valence-electron chi connectivity index (χ3n) is 3.35. The monoisotopic (exact) mass is 277 g/mol. The molecule has 4 heteroatoms. The van der Waals surface area contributed by atoms with Crippen molar-refractivity contribution in [2.24, 2.45) is 0 Å². The summed E-state index contributed by atoms with van der Waals surface area (Å²) in [7, 11) is 0. The van der Waals surface area contributed by atoms with E-state index in [9.17, 15) is 4.79 Å². The van der Waals surface area contributed by atoms with Crippen LogP contribution in [0.3, 0.4) is 0 Å². The first kappa shape index (κ1) is 14.9. The molecule has 0 bridgehead atoms. The predicted molar refractivity (Wildman–Crippen MR) is 78.1 cm³/mol. The summed E-state index contributed by atoms with van der Waals surface area (Å²) in [5, 5.41) is 3.00. The van der Waals surface area contributed by atoms with Gasteiger partial charge in [0.05, 0.1) is 18.2 Å². The minimum atomic E-state index is -0.0813. The number of carbonyl (C=O) groups is 1. The van der Waals surface area contributed by atoms with Crippen LogP contribution in [0.15, 0.2) is 24.3 Å². The summed E-state index contributed by atoms with van der Waals surface area (Å²) in [5.74, 6) is 0.639. The van der Waals surface area contributed by atoms with Gasteiger partial charge in [-0.15, -0.1) is 0 Å². The second-order valence-electron chi connectivity index (χ2n) is 5.51. The first-order valence-electron chi connectivity index (χ1n) is 7.25. The third-order valence-corrected chi connectivity index (χ3v) is 3.35. The van der Waals surface area contributed by atoms with Gasteiger partial charge in [0.15, 0.2) is 0 Å². The van der Waals surface area contributed by atoms with Crippen LogP contribution < -0.4 is 10.1 Å². The van der Waals surface area contributed by atoms with Gasteiger partial charge in [0.2, 0.25) is 0 Å². The van der Waals surface area contributed by atoms with Crippen LogP contribution in [0.5, 0.6) is 5.75 Å². The molecule has 1 aliphatic heterocycles. The largest absolute Gasteiger partial charge is 0.491 e. The zero-order chi connectivity index (χ0) is 14.5. The van der Waals surface area contributed by atoms with E-state index in [0.29, 0.717) is 5.56 Å². The number of benzene rings is 1. The van der Waals surface area contributed by atoms with Crippen LogP contribution in [-0.4, -0.2) is 30.8 Å². The molecule has 2 rings (SSSR count). The van der Waals surface area contributed by atoms with Crippen LogP contribution in [-0.2, 0) is 4.74 Å². The molecule has 20 heavy (non-hydrogen) atoms. The van der Waals surface area contributed by atoms with Gasteiger partial charge in [-0.2, -0.15) is 0 Å². The van der Waals surface area contributed by atoms with Gasteiger partial charge in [-0.3, -0.25) is 4.79 Å². The van der Waals surface area contributed by atoms with E-state index in [2.05, 4.69) is 5.32 Å². The van der Waals surface area contributed by atoms with E-state index < -0.39 is 0 Å². The summed E-state index contributed by atoms with van der Waals surface area (Å²) in [6.45, 7) is 6.71. The number of amides is 1. The Morgan fingerprint density at radius 1 is 1.40 bits per heavy atom. The lowest BCUT2D eigenvalue weighted by molar-refractivity contribution is 0.0712. The summed E-state index contributed by atoms with van der Waals surface area (Å²) >= 11 is 0. The number of nitrogens with one attached hydrogen (secondary N) is 1. The SMILES string of the molecule is CC(C)Oc1cccc(C(=O)N[C@@H](C)[C@@H]2CCCO2)c1. The Kier molecular flexibility index (Phi) is 5.01. The molecule has 0 spiro atoms. The second kappa shape index (κ2) is 6.75. The molecule has 0 saturated carbocycles. The van der Waals surface area contributed by atoms with Crippen molar-refractivity contribution in [3.05, 3.63) is 29.8 Å². The molecule has 0 aromatic heterocycles. The fraction of sp³-hybridized carbons (Fsp3) is 0.562. The highest BCUT2D eigenvalue weighted by atomic mass is 16.5. The van der Waals surface area contributed by atoms with Crippen molar-refractivity contribution in [1.82, 2.24) is 5.32 Å². The zero-order valence-electron chi connectivity index (χ0n) is 12.4. The van der Waals surface area contributed by atoms with E-state index in [1.807, 2.05) is 32.9 Å². The van der Waals surface area contributed by atoms with Crippen molar-refractivity contribution in [1.29, 1.82) is 0 Å². The molecule has 1 aliphatic rings. The molecule has 1 fully saturated rings. The van der Waals surface area contributed by atoms with Crippen LogP contribution in [0, 0.1) is 0 Å². The Morgan fingerprint density at radius 2 is 2.20 bits per heavy atom. The molecule has 0 unspecified atom stereocenters. The topological polar surface area (TPSA) is 47.6 Å². The van der Waals surface area contributed by atoms with Gasteiger partial charge in [0.1, 0.15) is 5.75 Å². The smallest absolute Gasteiger partial charge is 0.251 e. The first-order chi connectivity index (χ1) is 9.56. The molecule has 1 heterocycles. The standard InChI is InChI=1S/C16H23NO3/c1-11(2)20-14-7-4-6-13(10-14)16(18)17-12(3)15-8-5-9-19-15/h4,6-7,10-12,15H,5,8-9H2,1-3H3,(H,17,18)/t12-,15-/m0/s1. The number of carbonyl (C=O) groups excluding carboxylic acids is 1. The van der Waals surface area contributed by atoms with Crippen molar-refractivity contribution in [2.45, 2.75) is 51.9 Å². The second-order valence-corrected chi connectivity index (χ2v) is 5.51. The van der Waals surface area contributed by atoms with Crippen molar-refractivity contribution in [2.75, 3.05) is 6.61 Å². The molecule has 0 radical (unpaired) electrons. The van der Waals surface area contributed by atoms with Crippen LogP contribution in [0.2, 0.25) is 0 Å². The maximum Gasteiger partial charge on any atom is 0.251 e. The normalized spacial score (nSPS) is 19.9. The first-order valence-corrected chi connectivity index (χ1v) is 7.25. The molecule has 1 aromatic rings. The van der Waals surface area contributed by atoms with Gasteiger partial charge in [0, 0.05) is 12.2 Å². The predicted octanol–water partition coefficient (Wildman–Crippen LogP) is 2.77. The van der Waals surface area contributed by atoms with Gasteiger partial charge >= 0.3 is 0 Å².